The van der Waals surface area contributed by atoms with Crippen LogP contribution in [-0.2, 0) is 4.74 Å². The van der Waals surface area contributed by atoms with Gasteiger partial charge in [0.25, 0.3) is 0 Å². The molecule has 0 N–H and O–H groups in total. The van der Waals surface area contributed by atoms with Crippen molar-refractivity contribution in [3.8, 4) is 0 Å². The minimum absolute atomic E-state index is 0.374. The summed E-state index contributed by atoms with van der Waals surface area (Å²) >= 11 is 1.14. The Balaban J connectivity index is 4.93. The summed E-state index contributed by atoms with van der Waals surface area (Å²) in [4.78, 5) is 0. The van der Waals surface area contributed by atoms with Gasteiger partial charge in [0, 0.05) is 0 Å². The fourth-order valence-corrected chi connectivity index (χ4v) is 0.898. The van der Waals surface area contributed by atoms with Crippen molar-refractivity contribution < 1.29 is 35.5 Å². The number of halogens is 8. The first-order valence-electron chi connectivity index (χ1n) is 2.82. The number of hydrogen-bond donors (Lipinski definition) is 0. The highest BCUT2D eigenvalue weighted by molar-refractivity contribution is 14.1. The number of alkyl halides is 7. The van der Waals surface area contributed by atoms with E-state index >= 15 is 0 Å². The molecule has 9 heteroatoms. The molecule has 84 valence electrons. The van der Waals surface area contributed by atoms with Crippen LogP contribution in [-0.4, -0.2) is 18.4 Å². The van der Waals surface area contributed by atoms with Crippen LogP contribution in [0.15, 0.2) is 10.2 Å². The highest BCUT2D eigenvalue weighted by atomic mass is 127. The van der Waals surface area contributed by atoms with E-state index in [4.69, 9.17) is 0 Å². The van der Waals surface area contributed by atoms with Gasteiger partial charge in [-0.2, -0.15) is 17.6 Å². The van der Waals surface area contributed by atoms with Crippen LogP contribution in [0.1, 0.15) is 0 Å². The second-order valence-corrected chi connectivity index (χ2v) is 2.70. The highest BCUT2D eigenvalue weighted by Gasteiger charge is 2.61. The zero-order chi connectivity index (χ0) is 11.6. The highest BCUT2D eigenvalue weighted by Crippen LogP contribution is 2.40. The molecule has 0 radical (unpaired) electrons. The van der Waals surface area contributed by atoms with E-state index in [1.807, 2.05) is 0 Å². The number of ether oxygens (including phenoxy) is 1. The summed E-state index contributed by atoms with van der Waals surface area (Å²) in [5.74, 6) is -4.84. The average molecular weight is 338 g/mol. The normalized spacial score (nSPS) is 18.6. The zero-order valence-electron chi connectivity index (χ0n) is 6.09. The van der Waals surface area contributed by atoms with Crippen LogP contribution in [0.4, 0.5) is 30.7 Å². The van der Waals surface area contributed by atoms with Crippen LogP contribution in [0, 0.1) is 0 Å². The van der Waals surface area contributed by atoms with Gasteiger partial charge in [-0.15, -0.1) is 13.2 Å². The van der Waals surface area contributed by atoms with Crippen LogP contribution < -0.4 is 0 Å². The molecule has 0 bridgehead atoms. The van der Waals surface area contributed by atoms with Gasteiger partial charge >= 0.3 is 18.4 Å². The third kappa shape index (κ3) is 3.98. The summed E-state index contributed by atoms with van der Waals surface area (Å²) in [5, 5.41) is 0. The van der Waals surface area contributed by atoms with Gasteiger partial charge in [0.15, 0.2) is 0 Å². The van der Waals surface area contributed by atoms with Crippen molar-refractivity contribution in [2.24, 2.45) is 0 Å². The molecule has 1 unspecified atom stereocenters. The van der Waals surface area contributed by atoms with E-state index < -0.39 is 18.4 Å². The minimum atomic E-state index is -5.79. The predicted molar refractivity (Wildman–Crippen MR) is 40.2 cm³/mol. The van der Waals surface area contributed by atoms with Crippen LogP contribution in [0.25, 0.3) is 0 Å². The molecule has 0 heterocycles. The number of hydrogen-bond acceptors (Lipinski definition) is 1. The Labute approximate surface area is 87.0 Å². The lowest BCUT2D eigenvalue weighted by atomic mass is 10.3. The first-order chi connectivity index (χ1) is 6.02. The summed E-state index contributed by atoms with van der Waals surface area (Å²) in [7, 11) is 0. The Morgan fingerprint density at radius 1 is 0.929 bits per heavy atom. The van der Waals surface area contributed by atoms with Crippen molar-refractivity contribution in [3.63, 3.8) is 0 Å². The largest absolute Gasteiger partial charge is 0.525 e. The molecule has 0 spiro atoms. The molecular formula is C5H2F7IO. The topological polar surface area (TPSA) is 9.23 Å². The molecule has 0 saturated carbocycles. The van der Waals surface area contributed by atoms with E-state index in [2.05, 4.69) is 4.74 Å². The van der Waals surface area contributed by atoms with Gasteiger partial charge in [-0.05, 0) is 10.2 Å². The van der Waals surface area contributed by atoms with Crippen molar-refractivity contribution in [3.05, 3.63) is 10.2 Å². The van der Waals surface area contributed by atoms with E-state index in [-0.39, 0.29) is 6.08 Å². The van der Waals surface area contributed by atoms with Gasteiger partial charge in [0.05, 0.1) is 0 Å². The van der Waals surface area contributed by atoms with Gasteiger partial charge in [-0.1, -0.05) is 22.6 Å². The van der Waals surface area contributed by atoms with Crippen LogP contribution in [0.5, 0.6) is 0 Å². The Morgan fingerprint density at radius 3 is 1.57 bits per heavy atom. The lowest BCUT2D eigenvalue weighted by molar-refractivity contribution is -0.432. The number of rotatable bonds is 2. The first kappa shape index (κ1) is 13.9. The van der Waals surface area contributed by atoms with Crippen molar-refractivity contribution in [1.82, 2.24) is 0 Å². The fourth-order valence-electron chi connectivity index (χ4n) is 0.436. The SMILES string of the molecule is FC(F)(F)OC(F)(C=CI)C(F)(F)F. The van der Waals surface area contributed by atoms with Crippen LogP contribution >= 0.6 is 22.6 Å². The Bertz CT molecular complexity index is 219. The Morgan fingerprint density at radius 2 is 1.36 bits per heavy atom. The molecule has 0 aromatic rings. The van der Waals surface area contributed by atoms with Gasteiger partial charge in [-0.3, -0.25) is 0 Å². The fraction of sp³-hybridized carbons (Fsp3) is 0.600. The van der Waals surface area contributed by atoms with Crippen molar-refractivity contribution in [2.45, 2.75) is 18.4 Å². The maximum atomic E-state index is 12.6. The molecule has 0 aliphatic rings. The second kappa shape index (κ2) is 4.21. The maximum absolute atomic E-state index is 12.6. The summed E-state index contributed by atoms with van der Waals surface area (Å²) in [6, 6.07) is 0. The third-order valence-corrected chi connectivity index (χ3v) is 1.29. The molecule has 14 heavy (non-hydrogen) atoms. The third-order valence-electron chi connectivity index (χ3n) is 0.928. The lowest BCUT2D eigenvalue weighted by Gasteiger charge is -2.25. The van der Waals surface area contributed by atoms with Crippen molar-refractivity contribution in [2.75, 3.05) is 0 Å². The summed E-state index contributed by atoms with van der Waals surface area (Å²) < 4.78 is 84.9. The van der Waals surface area contributed by atoms with E-state index in [0.29, 0.717) is 4.08 Å². The molecule has 0 rings (SSSR count). The van der Waals surface area contributed by atoms with Gasteiger partial charge in [-0.25, -0.2) is 4.74 Å². The molecule has 1 nitrogen and oxygen atoms in total. The zero-order valence-corrected chi connectivity index (χ0v) is 8.24. The van der Waals surface area contributed by atoms with Crippen molar-refractivity contribution in [1.29, 1.82) is 0 Å². The summed E-state index contributed by atoms with van der Waals surface area (Å²) in [5.41, 5.74) is 0. The van der Waals surface area contributed by atoms with Crippen LogP contribution in [0.3, 0.4) is 0 Å². The summed E-state index contributed by atoms with van der Waals surface area (Å²) in [6.07, 6.45) is -11.9. The molecule has 0 amide bonds. The maximum Gasteiger partial charge on any atom is 0.525 e. The summed E-state index contributed by atoms with van der Waals surface area (Å²) in [6.45, 7) is 0. The minimum Gasteiger partial charge on any atom is -0.242 e. The van der Waals surface area contributed by atoms with E-state index in [0.717, 1.165) is 22.6 Å². The molecule has 1 atom stereocenters. The van der Waals surface area contributed by atoms with Crippen LogP contribution in [0.2, 0.25) is 0 Å². The smallest absolute Gasteiger partial charge is 0.242 e. The van der Waals surface area contributed by atoms with Gasteiger partial charge in [0.1, 0.15) is 0 Å². The first-order valence-corrected chi connectivity index (χ1v) is 4.07. The molecule has 0 aliphatic carbocycles. The molecule has 0 fully saturated rings. The van der Waals surface area contributed by atoms with Gasteiger partial charge in [0.2, 0.25) is 0 Å². The molecule has 0 aromatic heterocycles. The second-order valence-electron chi connectivity index (χ2n) is 1.98. The standard InChI is InChI=1S/C5H2F7IO/c6-3(1-2-13,4(7,8)9)14-5(10,11)12/h1-2H. The molecule has 0 aliphatic heterocycles. The molecule has 0 saturated heterocycles. The predicted octanol–water partition coefficient (Wildman–Crippen LogP) is 3.70. The quantitative estimate of drug-likeness (QED) is 0.551. The van der Waals surface area contributed by atoms with Crippen molar-refractivity contribution >= 4 is 22.6 Å². The van der Waals surface area contributed by atoms with E-state index in [1.54, 1.807) is 0 Å². The van der Waals surface area contributed by atoms with E-state index in [1.165, 1.54) is 0 Å². The van der Waals surface area contributed by atoms with E-state index in [9.17, 15) is 30.7 Å². The Kier molecular flexibility index (Phi) is 4.19. The Hall–Kier alpha value is -0.0600. The lowest BCUT2D eigenvalue weighted by Crippen LogP contribution is -2.45. The molecular weight excluding hydrogens is 336 g/mol. The average Bonchev–Trinajstić information content (AvgIpc) is 1.79. The van der Waals surface area contributed by atoms with Gasteiger partial charge < -0.3 is 0 Å². The monoisotopic (exact) mass is 338 g/mol. The molecule has 0 aromatic carbocycles.